The molecule has 0 saturated carbocycles. The van der Waals surface area contributed by atoms with Gasteiger partial charge < -0.3 is 24.5 Å². The zero-order valence-electron chi connectivity index (χ0n) is 32.3. The van der Waals surface area contributed by atoms with E-state index in [0.29, 0.717) is 0 Å². The number of rotatable bonds is 15. The topological polar surface area (TPSA) is 98.0 Å². The summed E-state index contributed by atoms with van der Waals surface area (Å²) in [7, 11) is 2.06. The van der Waals surface area contributed by atoms with Gasteiger partial charge in [-0.3, -0.25) is 4.79 Å². The number of nitrogens with one attached hydrogen (secondary N) is 4. The number of benzene rings is 1. The number of hydrogen-bond donors (Lipinski definition) is 4. The number of unbranched alkanes of at least 4 members (excludes halogenated alkanes) is 8. The number of carbonyl (C=O) groups is 1. The summed E-state index contributed by atoms with van der Waals surface area (Å²) in [4.78, 5) is 33.2. The fourth-order valence-electron chi connectivity index (χ4n) is 7.81. The molecule has 7 nitrogen and oxygen atoms in total. The number of H-pyrrole nitrogens is 4. The Balaban J connectivity index is 1.47. The minimum absolute atomic E-state index is 0.0863. The second kappa shape index (κ2) is 17.5. The summed E-state index contributed by atoms with van der Waals surface area (Å²) < 4.78 is 2.10. The zero-order valence-corrected chi connectivity index (χ0v) is 33.1. The van der Waals surface area contributed by atoms with E-state index in [2.05, 4.69) is 118 Å². The van der Waals surface area contributed by atoms with Crippen LogP contribution in [0.2, 0.25) is 0 Å². The first-order chi connectivity index (χ1) is 26.4. The Labute approximate surface area is 322 Å². The Morgan fingerprint density at radius 2 is 1.09 bits per heavy atom. The van der Waals surface area contributed by atoms with Gasteiger partial charge >= 0.3 is 0 Å². The Hall–Kier alpha value is -4.95. The molecule has 0 fully saturated rings. The van der Waals surface area contributed by atoms with Gasteiger partial charge in [0.1, 0.15) is 5.82 Å². The van der Waals surface area contributed by atoms with Gasteiger partial charge in [0, 0.05) is 70.0 Å². The van der Waals surface area contributed by atoms with Crippen LogP contribution in [0.3, 0.4) is 0 Å². The van der Waals surface area contributed by atoms with Gasteiger partial charge in [-0.15, -0.1) is 0 Å². The number of aromatic amines is 4. The van der Waals surface area contributed by atoms with Crippen molar-refractivity contribution >= 4 is 39.2 Å². The largest absolute Gasteiger partial charge is 0.355 e. The molecule has 4 N–H and O–H groups in total. The van der Waals surface area contributed by atoms with Gasteiger partial charge in [0.25, 0.3) is 0 Å². The molecule has 1 aliphatic heterocycles. The minimum atomic E-state index is 0.0863. The van der Waals surface area contributed by atoms with Crippen LogP contribution in [0, 0.1) is 0 Å². The van der Waals surface area contributed by atoms with Crippen molar-refractivity contribution in [2.75, 3.05) is 0 Å². The van der Waals surface area contributed by atoms with E-state index < -0.39 is 0 Å². The second-order valence-electron chi connectivity index (χ2n) is 14.7. The number of nitrogens with zero attached hydrogens (tertiary/aromatic N) is 2. The van der Waals surface area contributed by atoms with Crippen LogP contribution in [-0.2, 0) is 11.8 Å². The molecule has 8 bridgehead atoms. The summed E-state index contributed by atoms with van der Waals surface area (Å²) in [5.41, 5.74) is 10.1. The first-order valence-corrected chi connectivity index (χ1v) is 20.8. The summed E-state index contributed by atoms with van der Waals surface area (Å²) in [5.74, 6) is 0.913. The molecule has 0 unspecified atom stereocenters. The Morgan fingerprint density at radius 3 is 1.61 bits per heavy atom. The quantitative estimate of drug-likeness (QED) is 0.0631. The van der Waals surface area contributed by atoms with Crippen LogP contribution in [0.25, 0.3) is 22.3 Å². The maximum Gasteiger partial charge on any atom is 0.190 e. The normalized spacial score (nSPS) is 13.0. The van der Waals surface area contributed by atoms with Crippen molar-refractivity contribution < 1.29 is 4.79 Å². The van der Waals surface area contributed by atoms with E-state index in [1.807, 2.05) is 12.4 Å². The smallest absolute Gasteiger partial charge is 0.190 e. The van der Waals surface area contributed by atoms with Gasteiger partial charge in [0.15, 0.2) is 5.12 Å². The van der Waals surface area contributed by atoms with E-state index in [1.54, 1.807) is 6.92 Å². The number of carbonyl (C=O) groups excluding carboxylic acids is 1. The average molecular weight is 739 g/mol. The molecule has 0 radical (unpaired) electrons. The van der Waals surface area contributed by atoms with Crippen LogP contribution in [0.5, 0.6) is 0 Å². The van der Waals surface area contributed by atoms with E-state index in [1.165, 1.54) is 74.3 Å². The van der Waals surface area contributed by atoms with Crippen LogP contribution in [-0.4, -0.2) is 34.6 Å². The SMILES string of the molecule is CCCCCCCC1=c2ccc([nH]2)=C(c2ccc(SC(C)=O)cc2)c2ccc([nH]2)C(CCCCCCC)=c2ccc([nH]2)=C(c2nccn2C)c2ccc1[nH]2. The van der Waals surface area contributed by atoms with E-state index in [9.17, 15) is 4.79 Å². The molecule has 5 aromatic heterocycles. The molecule has 1 aromatic carbocycles. The summed E-state index contributed by atoms with van der Waals surface area (Å²) in [5, 5.41) is 4.41. The minimum Gasteiger partial charge on any atom is -0.355 e. The number of fused-ring (bicyclic) bond motifs is 8. The van der Waals surface area contributed by atoms with Crippen molar-refractivity contribution in [3.05, 3.63) is 141 Å². The molecule has 0 amide bonds. The average Bonchev–Trinajstić information content (AvgIpc) is 4.02. The van der Waals surface area contributed by atoms with Gasteiger partial charge in [0.05, 0.1) is 16.6 Å². The van der Waals surface area contributed by atoms with Crippen LogP contribution < -0.4 is 21.4 Å². The summed E-state index contributed by atoms with van der Waals surface area (Å²) in [6, 6.07) is 26.2. The van der Waals surface area contributed by atoms with Gasteiger partial charge in [-0.2, -0.15) is 0 Å². The molecule has 6 heterocycles. The molecule has 0 atom stereocenters. The monoisotopic (exact) mass is 738 g/mol. The van der Waals surface area contributed by atoms with E-state index in [0.717, 1.165) is 97.3 Å². The van der Waals surface area contributed by atoms with Crippen molar-refractivity contribution in [2.45, 2.75) is 103 Å². The van der Waals surface area contributed by atoms with Crippen LogP contribution >= 0.6 is 11.8 Å². The first kappa shape index (κ1) is 37.4. The van der Waals surface area contributed by atoms with Crippen molar-refractivity contribution in [1.29, 1.82) is 0 Å². The van der Waals surface area contributed by atoms with Crippen molar-refractivity contribution in [3.8, 4) is 0 Å². The summed E-state index contributed by atoms with van der Waals surface area (Å²) in [6.07, 6.45) is 18.0. The van der Waals surface area contributed by atoms with E-state index in [4.69, 9.17) is 4.98 Å². The lowest BCUT2D eigenvalue weighted by Gasteiger charge is -2.10. The molecule has 0 aliphatic carbocycles. The molecular weight excluding hydrogens is 685 g/mol. The molecular formula is C46H54N6OS. The fraction of sp³-hybridized carbons (Fsp3) is 0.348. The van der Waals surface area contributed by atoms with Crippen LogP contribution in [0.1, 0.15) is 132 Å². The highest BCUT2D eigenvalue weighted by atomic mass is 32.2. The Morgan fingerprint density at radius 1 is 0.593 bits per heavy atom. The molecule has 54 heavy (non-hydrogen) atoms. The Bertz CT molecular complexity index is 2450. The number of aryl methyl sites for hydroxylation is 1. The van der Waals surface area contributed by atoms with Crippen molar-refractivity contribution in [3.63, 3.8) is 0 Å². The van der Waals surface area contributed by atoms with Gasteiger partial charge in [0.2, 0.25) is 0 Å². The standard InChI is InChI=1S/C46H54N6OS/c1-5-7-9-11-13-15-34-36-21-25-40(48-36)44(32-17-19-33(20-18-32)54-31(3)53)41-26-22-37(49-41)35(16-14-12-10-8-6-2)39-24-28-43(51-39)45(42-27-23-38(34)50-42)46-47-29-30-52(46)4/h17-30,48-51H,5-16H2,1-4H3. The number of thioether (sulfide) groups is 1. The number of hydrogen-bond acceptors (Lipinski definition) is 3. The molecule has 7 rings (SSSR count). The van der Waals surface area contributed by atoms with E-state index in [-0.39, 0.29) is 5.12 Å². The lowest BCUT2D eigenvalue weighted by molar-refractivity contribution is -0.109. The van der Waals surface area contributed by atoms with Crippen LogP contribution in [0.15, 0.2) is 90.1 Å². The lowest BCUT2D eigenvalue weighted by atomic mass is 10.0. The van der Waals surface area contributed by atoms with Crippen molar-refractivity contribution in [1.82, 2.24) is 29.5 Å². The maximum atomic E-state index is 11.9. The maximum absolute atomic E-state index is 11.9. The third-order valence-corrected chi connectivity index (χ3v) is 11.4. The first-order valence-electron chi connectivity index (χ1n) is 19.9. The summed E-state index contributed by atoms with van der Waals surface area (Å²) in [6.45, 7) is 6.15. The highest BCUT2D eigenvalue weighted by Crippen LogP contribution is 2.28. The number of imidazole rings is 1. The molecule has 0 saturated heterocycles. The van der Waals surface area contributed by atoms with Crippen molar-refractivity contribution in [2.24, 2.45) is 7.05 Å². The molecule has 0 spiro atoms. The van der Waals surface area contributed by atoms with Gasteiger partial charge in [-0.25, -0.2) is 4.98 Å². The molecule has 6 aromatic rings. The fourth-order valence-corrected chi connectivity index (χ4v) is 8.42. The predicted molar refractivity (Wildman–Crippen MR) is 223 cm³/mol. The third kappa shape index (κ3) is 8.39. The zero-order chi connectivity index (χ0) is 37.4. The number of aromatic nitrogens is 6. The van der Waals surface area contributed by atoms with Gasteiger partial charge in [-0.05, 0) is 103 Å². The highest BCUT2D eigenvalue weighted by Gasteiger charge is 2.18. The van der Waals surface area contributed by atoms with Gasteiger partial charge in [-0.1, -0.05) is 89.1 Å². The summed E-state index contributed by atoms with van der Waals surface area (Å²) >= 11 is 1.27. The predicted octanol–water partition coefficient (Wildman–Crippen LogP) is 8.30. The van der Waals surface area contributed by atoms with Crippen LogP contribution in [0.4, 0.5) is 0 Å². The molecule has 1 aliphatic rings. The Kier molecular flexibility index (Phi) is 12.1. The van der Waals surface area contributed by atoms with E-state index >= 15 is 0 Å². The molecule has 280 valence electrons. The highest BCUT2D eigenvalue weighted by molar-refractivity contribution is 8.13. The second-order valence-corrected chi connectivity index (χ2v) is 15.9. The lowest BCUT2D eigenvalue weighted by Crippen LogP contribution is -2.19. The molecule has 8 heteroatoms. The third-order valence-electron chi connectivity index (χ3n) is 10.6.